The molecule has 2 atom stereocenters. The highest BCUT2D eigenvalue weighted by Gasteiger charge is 2.25. The summed E-state index contributed by atoms with van der Waals surface area (Å²) in [6.07, 6.45) is 0.769. The number of aliphatic hydroxyl groups excluding tert-OH is 3. The monoisotopic (exact) mass is 161 g/mol. The van der Waals surface area contributed by atoms with Gasteiger partial charge in [0.05, 0.1) is 19.3 Å². The summed E-state index contributed by atoms with van der Waals surface area (Å²) in [4.78, 5) is 0. The summed E-state index contributed by atoms with van der Waals surface area (Å²) >= 11 is 0. The fourth-order valence-electron chi connectivity index (χ4n) is 1.48. The molecule has 1 fully saturated rings. The first kappa shape index (κ1) is 8.93. The minimum Gasteiger partial charge on any atom is -0.395 e. The van der Waals surface area contributed by atoms with Gasteiger partial charge >= 0.3 is 0 Å². The number of rotatable bonds is 2. The van der Waals surface area contributed by atoms with Crippen molar-refractivity contribution in [3.8, 4) is 0 Å². The molecule has 2 unspecified atom stereocenters. The standard InChI is InChI=1S/C7H15NO3/c9-3-5-1-7(11)2-6(4-10)8-5/h5-11H,1-4H2. The molecule has 4 nitrogen and oxygen atoms in total. The van der Waals surface area contributed by atoms with Crippen LogP contribution in [-0.2, 0) is 0 Å². The van der Waals surface area contributed by atoms with E-state index in [1.54, 1.807) is 0 Å². The van der Waals surface area contributed by atoms with E-state index in [0.29, 0.717) is 12.8 Å². The Balaban J connectivity index is 2.37. The zero-order chi connectivity index (χ0) is 8.27. The number of hydrogen-bond acceptors (Lipinski definition) is 4. The second-order valence-corrected chi connectivity index (χ2v) is 3.05. The molecule has 0 aromatic rings. The SMILES string of the molecule is OCC1CC(O)CC(CO)N1. The van der Waals surface area contributed by atoms with Gasteiger partial charge < -0.3 is 20.6 Å². The molecule has 66 valence electrons. The summed E-state index contributed by atoms with van der Waals surface area (Å²) in [5, 5.41) is 29.8. The predicted molar refractivity (Wildman–Crippen MR) is 40.1 cm³/mol. The van der Waals surface area contributed by atoms with Gasteiger partial charge in [-0.15, -0.1) is 0 Å². The van der Waals surface area contributed by atoms with Gasteiger partial charge in [0.2, 0.25) is 0 Å². The Morgan fingerprint density at radius 3 is 1.91 bits per heavy atom. The Hall–Kier alpha value is -0.160. The second-order valence-electron chi connectivity index (χ2n) is 3.05. The van der Waals surface area contributed by atoms with Gasteiger partial charge in [-0.25, -0.2) is 0 Å². The van der Waals surface area contributed by atoms with Gasteiger partial charge in [0.25, 0.3) is 0 Å². The minimum absolute atomic E-state index is 0.0214. The number of nitrogens with one attached hydrogen (secondary N) is 1. The lowest BCUT2D eigenvalue weighted by molar-refractivity contribution is 0.0574. The fourth-order valence-corrected chi connectivity index (χ4v) is 1.48. The van der Waals surface area contributed by atoms with Gasteiger partial charge in [0.1, 0.15) is 0 Å². The fraction of sp³-hybridized carbons (Fsp3) is 1.00. The van der Waals surface area contributed by atoms with E-state index in [-0.39, 0.29) is 31.4 Å². The molecule has 1 aliphatic heterocycles. The van der Waals surface area contributed by atoms with Gasteiger partial charge in [-0.1, -0.05) is 0 Å². The molecule has 0 radical (unpaired) electrons. The van der Waals surface area contributed by atoms with E-state index in [4.69, 9.17) is 10.2 Å². The summed E-state index contributed by atoms with van der Waals surface area (Å²) in [6.45, 7) is 0.0428. The molecule has 1 saturated heterocycles. The summed E-state index contributed by atoms with van der Waals surface area (Å²) in [5.74, 6) is 0. The van der Waals surface area contributed by atoms with Crippen LogP contribution >= 0.6 is 0 Å². The molecule has 0 spiro atoms. The van der Waals surface area contributed by atoms with Crippen LogP contribution in [-0.4, -0.2) is 46.7 Å². The molecule has 4 N–H and O–H groups in total. The van der Waals surface area contributed by atoms with Gasteiger partial charge in [0.15, 0.2) is 0 Å². The Kier molecular flexibility index (Phi) is 3.26. The maximum atomic E-state index is 9.25. The van der Waals surface area contributed by atoms with E-state index in [9.17, 15) is 5.11 Å². The van der Waals surface area contributed by atoms with Crippen molar-refractivity contribution in [1.82, 2.24) is 5.32 Å². The molecule has 4 heteroatoms. The third-order valence-corrected chi connectivity index (χ3v) is 2.03. The van der Waals surface area contributed by atoms with Crippen molar-refractivity contribution >= 4 is 0 Å². The highest BCUT2D eigenvalue weighted by molar-refractivity contribution is 4.84. The molecule has 0 saturated carbocycles. The molecular weight excluding hydrogens is 146 g/mol. The normalized spacial score (nSPS) is 39.0. The topological polar surface area (TPSA) is 72.7 Å². The third-order valence-electron chi connectivity index (χ3n) is 2.03. The molecule has 1 heterocycles. The van der Waals surface area contributed by atoms with Crippen LogP contribution < -0.4 is 5.32 Å². The Morgan fingerprint density at radius 2 is 1.55 bits per heavy atom. The van der Waals surface area contributed by atoms with E-state index in [1.807, 2.05) is 0 Å². The molecule has 11 heavy (non-hydrogen) atoms. The molecule has 0 aromatic heterocycles. The second kappa shape index (κ2) is 4.01. The van der Waals surface area contributed by atoms with Crippen LogP contribution in [0.5, 0.6) is 0 Å². The van der Waals surface area contributed by atoms with Crippen LogP contribution in [0.15, 0.2) is 0 Å². The van der Waals surface area contributed by atoms with Crippen molar-refractivity contribution in [2.75, 3.05) is 13.2 Å². The first-order chi connectivity index (χ1) is 5.26. The van der Waals surface area contributed by atoms with Crippen molar-refractivity contribution in [2.45, 2.75) is 31.0 Å². The van der Waals surface area contributed by atoms with Crippen LogP contribution in [0.2, 0.25) is 0 Å². The molecule has 1 rings (SSSR count). The van der Waals surface area contributed by atoms with E-state index < -0.39 is 0 Å². The van der Waals surface area contributed by atoms with Crippen LogP contribution in [0.3, 0.4) is 0 Å². The molecule has 0 aliphatic carbocycles. The molecule has 0 amide bonds. The smallest absolute Gasteiger partial charge is 0.0585 e. The van der Waals surface area contributed by atoms with Crippen LogP contribution in [0.1, 0.15) is 12.8 Å². The lowest BCUT2D eigenvalue weighted by Crippen LogP contribution is -2.50. The molecule has 1 aliphatic rings. The van der Waals surface area contributed by atoms with Gasteiger partial charge in [-0.2, -0.15) is 0 Å². The largest absolute Gasteiger partial charge is 0.395 e. The summed E-state index contributed by atoms with van der Waals surface area (Å²) < 4.78 is 0. The lowest BCUT2D eigenvalue weighted by Gasteiger charge is -2.31. The average molecular weight is 161 g/mol. The van der Waals surface area contributed by atoms with Crippen LogP contribution in [0, 0.1) is 0 Å². The molecule has 0 bridgehead atoms. The van der Waals surface area contributed by atoms with Gasteiger partial charge in [0, 0.05) is 12.1 Å². The Bertz CT molecular complexity index is 108. The van der Waals surface area contributed by atoms with E-state index >= 15 is 0 Å². The van der Waals surface area contributed by atoms with E-state index in [0.717, 1.165) is 0 Å². The highest BCUT2D eigenvalue weighted by atomic mass is 16.3. The minimum atomic E-state index is -0.384. The van der Waals surface area contributed by atoms with Crippen molar-refractivity contribution in [2.24, 2.45) is 0 Å². The lowest BCUT2D eigenvalue weighted by atomic mass is 9.97. The average Bonchev–Trinajstić information content (AvgIpc) is 2.03. The maximum absolute atomic E-state index is 9.25. The van der Waals surface area contributed by atoms with Crippen molar-refractivity contribution in [1.29, 1.82) is 0 Å². The first-order valence-electron chi connectivity index (χ1n) is 3.92. The Labute approximate surface area is 65.9 Å². The highest BCUT2D eigenvalue weighted by Crippen LogP contribution is 2.12. The summed E-state index contributed by atoms with van der Waals surface area (Å²) in [6, 6.07) is -0.119. The van der Waals surface area contributed by atoms with Gasteiger partial charge in [-0.05, 0) is 12.8 Å². The van der Waals surface area contributed by atoms with Crippen LogP contribution in [0.4, 0.5) is 0 Å². The number of aliphatic hydroxyl groups is 3. The van der Waals surface area contributed by atoms with Crippen molar-refractivity contribution in [3.63, 3.8) is 0 Å². The van der Waals surface area contributed by atoms with E-state index in [2.05, 4.69) is 5.32 Å². The Morgan fingerprint density at radius 1 is 1.09 bits per heavy atom. The third kappa shape index (κ3) is 2.41. The molecule has 0 aromatic carbocycles. The van der Waals surface area contributed by atoms with Gasteiger partial charge in [-0.3, -0.25) is 0 Å². The quantitative estimate of drug-likeness (QED) is 0.396. The molecular formula is C7H15NO3. The van der Waals surface area contributed by atoms with E-state index in [1.165, 1.54) is 0 Å². The zero-order valence-electron chi connectivity index (χ0n) is 6.40. The van der Waals surface area contributed by atoms with Crippen LogP contribution in [0.25, 0.3) is 0 Å². The van der Waals surface area contributed by atoms with Crippen molar-refractivity contribution in [3.05, 3.63) is 0 Å². The summed E-state index contributed by atoms with van der Waals surface area (Å²) in [7, 11) is 0. The van der Waals surface area contributed by atoms with Crippen molar-refractivity contribution < 1.29 is 15.3 Å². The zero-order valence-corrected chi connectivity index (χ0v) is 6.40. The first-order valence-corrected chi connectivity index (χ1v) is 3.92. The number of hydrogen-bond donors (Lipinski definition) is 4. The maximum Gasteiger partial charge on any atom is 0.0585 e. The summed E-state index contributed by atoms with van der Waals surface area (Å²) in [5.41, 5.74) is 0. The predicted octanol–water partition coefficient (Wildman–Crippen LogP) is -1.55. The number of piperidine rings is 1.